The molecule has 1 saturated heterocycles. The van der Waals surface area contributed by atoms with Crippen molar-refractivity contribution in [3.05, 3.63) is 36.9 Å². The number of piperazine rings is 1. The van der Waals surface area contributed by atoms with E-state index in [1.54, 1.807) is 0 Å². The molecule has 1 N–H and O–H groups in total. The number of hydrogen-bond acceptors (Lipinski definition) is 6. The molecule has 2 aromatic rings. The van der Waals surface area contributed by atoms with E-state index in [4.69, 9.17) is 0 Å². The predicted octanol–water partition coefficient (Wildman–Crippen LogP) is 2.29. The Morgan fingerprint density at radius 1 is 1.08 bits per heavy atom. The standard InChI is InChI=1S/C19H31N7/c1-4-8-19(23-17(3)5-2,26-12-7-11-22-26)25-15-13-24(14-16-25)18-20-9-6-10-21-18/h6-7,9-12,17,23H,4-5,8,13-16H2,1-3H3. The third kappa shape index (κ3) is 3.88. The minimum Gasteiger partial charge on any atom is -0.338 e. The topological polar surface area (TPSA) is 62.1 Å². The molecular formula is C19H31N7. The van der Waals surface area contributed by atoms with Crippen LogP contribution in [-0.2, 0) is 5.79 Å². The summed E-state index contributed by atoms with van der Waals surface area (Å²) < 4.78 is 2.11. The number of hydrogen-bond donors (Lipinski definition) is 1. The molecule has 3 heterocycles. The maximum Gasteiger partial charge on any atom is 0.225 e. The highest BCUT2D eigenvalue weighted by Crippen LogP contribution is 2.27. The van der Waals surface area contributed by atoms with E-state index >= 15 is 0 Å². The molecule has 1 aliphatic heterocycles. The van der Waals surface area contributed by atoms with Gasteiger partial charge in [-0.3, -0.25) is 10.2 Å². The molecule has 0 amide bonds. The van der Waals surface area contributed by atoms with Crippen LogP contribution in [0.5, 0.6) is 0 Å². The summed E-state index contributed by atoms with van der Waals surface area (Å²) in [6.45, 7) is 10.4. The van der Waals surface area contributed by atoms with Crippen molar-refractivity contribution in [1.82, 2.24) is 30.0 Å². The van der Waals surface area contributed by atoms with E-state index < -0.39 is 0 Å². The second-order valence-corrected chi connectivity index (χ2v) is 6.99. The first-order chi connectivity index (χ1) is 12.7. The van der Waals surface area contributed by atoms with E-state index in [-0.39, 0.29) is 5.79 Å². The van der Waals surface area contributed by atoms with Crippen molar-refractivity contribution >= 4 is 5.95 Å². The Balaban J connectivity index is 1.81. The van der Waals surface area contributed by atoms with Gasteiger partial charge in [0.05, 0.1) is 0 Å². The van der Waals surface area contributed by atoms with E-state index in [1.807, 2.05) is 30.7 Å². The average Bonchev–Trinajstić information content (AvgIpc) is 3.23. The lowest BCUT2D eigenvalue weighted by atomic mass is 10.1. The maximum atomic E-state index is 4.62. The Bertz CT molecular complexity index is 637. The fourth-order valence-corrected chi connectivity index (χ4v) is 3.71. The van der Waals surface area contributed by atoms with Crippen LogP contribution >= 0.6 is 0 Å². The molecular weight excluding hydrogens is 326 g/mol. The van der Waals surface area contributed by atoms with Gasteiger partial charge in [-0.2, -0.15) is 5.10 Å². The minimum absolute atomic E-state index is 0.280. The fraction of sp³-hybridized carbons (Fsp3) is 0.632. The van der Waals surface area contributed by atoms with E-state index in [1.165, 1.54) is 0 Å². The third-order valence-corrected chi connectivity index (χ3v) is 5.21. The quantitative estimate of drug-likeness (QED) is 0.782. The molecule has 142 valence electrons. The largest absolute Gasteiger partial charge is 0.338 e. The van der Waals surface area contributed by atoms with Gasteiger partial charge in [-0.15, -0.1) is 0 Å². The van der Waals surface area contributed by atoms with E-state index in [9.17, 15) is 0 Å². The van der Waals surface area contributed by atoms with Gasteiger partial charge >= 0.3 is 0 Å². The molecule has 2 atom stereocenters. The second kappa shape index (κ2) is 8.60. The van der Waals surface area contributed by atoms with Crippen LogP contribution in [0.4, 0.5) is 5.95 Å². The zero-order chi connectivity index (χ0) is 18.4. The van der Waals surface area contributed by atoms with Gasteiger partial charge in [0, 0.05) is 63.4 Å². The zero-order valence-electron chi connectivity index (χ0n) is 16.2. The van der Waals surface area contributed by atoms with E-state index in [2.05, 4.69) is 61.8 Å². The minimum atomic E-state index is -0.280. The monoisotopic (exact) mass is 357 g/mol. The molecule has 2 aromatic heterocycles. The van der Waals surface area contributed by atoms with Gasteiger partial charge < -0.3 is 4.90 Å². The summed E-state index contributed by atoms with van der Waals surface area (Å²) in [4.78, 5) is 13.6. The van der Waals surface area contributed by atoms with Crippen LogP contribution in [0, 0.1) is 0 Å². The SMILES string of the molecule is CCCC(NC(C)CC)(N1CCN(c2ncccn2)CC1)n1cccn1. The fourth-order valence-electron chi connectivity index (χ4n) is 3.71. The summed E-state index contributed by atoms with van der Waals surface area (Å²) in [6, 6.07) is 4.29. The van der Waals surface area contributed by atoms with E-state index in [0.717, 1.165) is 51.4 Å². The Morgan fingerprint density at radius 3 is 2.38 bits per heavy atom. The van der Waals surface area contributed by atoms with Crippen LogP contribution < -0.4 is 10.2 Å². The lowest BCUT2D eigenvalue weighted by Gasteiger charge is -2.49. The first kappa shape index (κ1) is 18.8. The van der Waals surface area contributed by atoms with Crippen molar-refractivity contribution in [2.75, 3.05) is 31.1 Å². The zero-order valence-corrected chi connectivity index (χ0v) is 16.2. The second-order valence-electron chi connectivity index (χ2n) is 6.99. The molecule has 2 unspecified atom stereocenters. The molecule has 0 radical (unpaired) electrons. The molecule has 0 spiro atoms. The normalized spacial score (nSPS) is 19.3. The van der Waals surface area contributed by atoms with Crippen molar-refractivity contribution in [2.45, 2.75) is 51.9 Å². The Morgan fingerprint density at radius 2 is 1.81 bits per heavy atom. The van der Waals surface area contributed by atoms with Gasteiger partial charge in [0.25, 0.3) is 0 Å². The van der Waals surface area contributed by atoms with Crippen LogP contribution in [0.3, 0.4) is 0 Å². The number of rotatable bonds is 8. The average molecular weight is 358 g/mol. The third-order valence-electron chi connectivity index (χ3n) is 5.21. The van der Waals surface area contributed by atoms with E-state index in [0.29, 0.717) is 6.04 Å². The Hall–Kier alpha value is -1.99. The molecule has 26 heavy (non-hydrogen) atoms. The van der Waals surface area contributed by atoms with Gasteiger partial charge in [0.2, 0.25) is 5.95 Å². The van der Waals surface area contributed by atoms with Gasteiger partial charge in [-0.05, 0) is 25.5 Å². The van der Waals surface area contributed by atoms with Crippen molar-refractivity contribution in [1.29, 1.82) is 0 Å². The molecule has 7 nitrogen and oxygen atoms in total. The molecule has 0 bridgehead atoms. The molecule has 0 saturated carbocycles. The van der Waals surface area contributed by atoms with Gasteiger partial charge in [-0.25, -0.2) is 14.6 Å². The van der Waals surface area contributed by atoms with Gasteiger partial charge in [-0.1, -0.05) is 20.3 Å². The van der Waals surface area contributed by atoms with Crippen molar-refractivity contribution in [3.8, 4) is 0 Å². The Kier molecular flexibility index (Phi) is 6.21. The summed E-state index contributed by atoms with van der Waals surface area (Å²) in [5, 5.41) is 8.51. The summed E-state index contributed by atoms with van der Waals surface area (Å²) in [6.07, 6.45) is 10.8. The van der Waals surface area contributed by atoms with Crippen LogP contribution in [0.15, 0.2) is 36.9 Å². The molecule has 7 heteroatoms. The first-order valence-electron chi connectivity index (χ1n) is 9.74. The predicted molar refractivity (Wildman–Crippen MR) is 104 cm³/mol. The van der Waals surface area contributed by atoms with Gasteiger partial charge in [0.15, 0.2) is 5.79 Å². The van der Waals surface area contributed by atoms with Crippen LogP contribution in [-0.4, -0.2) is 56.9 Å². The van der Waals surface area contributed by atoms with Crippen LogP contribution in [0.25, 0.3) is 0 Å². The number of nitrogens with one attached hydrogen (secondary N) is 1. The number of aromatic nitrogens is 4. The molecule has 0 aliphatic carbocycles. The number of anilines is 1. The highest BCUT2D eigenvalue weighted by atomic mass is 15.6. The molecule has 1 aliphatic rings. The van der Waals surface area contributed by atoms with Crippen LogP contribution in [0.2, 0.25) is 0 Å². The van der Waals surface area contributed by atoms with Gasteiger partial charge in [0.1, 0.15) is 0 Å². The molecule has 0 aromatic carbocycles. The molecule has 1 fully saturated rings. The van der Waals surface area contributed by atoms with Crippen molar-refractivity contribution < 1.29 is 0 Å². The summed E-state index contributed by atoms with van der Waals surface area (Å²) in [5.41, 5.74) is 0. The lowest BCUT2D eigenvalue weighted by molar-refractivity contribution is -0.0473. The summed E-state index contributed by atoms with van der Waals surface area (Å²) in [5.74, 6) is 0.541. The van der Waals surface area contributed by atoms with Crippen molar-refractivity contribution in [3.63, 3.8) is 0 Å². The Labute approximate surface area is 156 Å². The number of nitrogens with zero attached hydrogens (tertiary/aromatic N) is 6. The summed E-state index contributed by atoms with van der Waals surface area (Å²) >= 11 is 0. The van der Waals surface area contributed by atoms with Crippen molar-refractivity contribution in [2.24, 2.45) is 0 Å². The summed E-state index contributed by atoms with van der Waals surface area (Å²) in [7, 11) is 0. The lowest BCUT2D eigenvalue weighted by Crippen LogP contribution is -2.66. The highest BCUT2D eigenvalue weighted by molar-refractivity contribution is 5.29. The molecule has 3 rings (SSSR count). The highest BCUT2D eigenvalue weighted by Gasteiger charge is 2.40. The smallest absolute Gasteiger partial charge is 0.225 e. The maximum absolute atomic E-state index is 4.62. The van der Waals surface area contributed by atoms with Crippen LogP contribution in [0.1, 0.15) is 40.0 Å². The first-order valence-corrected chi connectivity index (χ1v) is 9.74.